The van der Waals surface area contributed by atoms with Gasteiger partial charge in [0.25, 0.3) is 0 Å². The van der Waals surface area contributed by atoms with Gasteiger partial charge in [-0.2, -0.15) is 11.8 Å². The van der Waals surface area contributed by atoms with E-state index in [4.69, 9.17) is 4.74 Å². The first-order valence-electron chi connectivity index (χ1n) is 8.87. The van der Waals surface area contributed by atoms with E-state index in [-0.39, 0.29) is 24.2 Å². The maximum atomic E-state index is 13.4. The third-order valence-corrected chi connectivity index (χ3v) is 6.15. The highest BCUT2D eigenvalue weighted by Gasteiger charge is 2.68. The molecule has 2 aliphatic rings. The number of amides is 2. The van der Waals surface area contributed by atoms with Crippen molar-refractivity contribution in [1.29, 1.82) is 0 Å². The quantitative estimate of drug-likeness (QED) is 0.585. The Kier molecular flexibility index (Phi) is 5.58. The van der Waals surface area contributed by atoms with Crippen LogP contribution in [0.3, 0.4) is 0 Å². The second-order valence-electron chi connectivity index (χ2n) is 6.80. The van der Waals surface area contributed by atoms with E-state index in [1.165, 1.54) is 24.1 Å². The number of likely N-dealkylation sites (tertiary alicyclic amines) is 1. The topological polar surface area (TPSA) is 75.7 Å². The molecule has 2 fully saturated rings. The molecule has 2 heterocycles. The minimum atomic E-state index is -1.28. The van der Waals surface area contributed by atoms with Crippen LogP contribution in [-0.4, -0.2) is 53.9 Å². The molecule has 0 bridgehead atoms. The Balaban J connectivity index is 2.12. The fourth-order valence-electron chi connectivity index (χ4n) is 4.30. The molecular formula is C19H23FN2O4S. The lowest BCUT2D eigenvalue weighted by molar-refractivity contribution is -0.154. The highest BCUT2D eigenvalue weighted by Crippen LogP contribution is 2.50. The molecule has 8 heteroatoms. The number of fused-ring (bicyclic) bond motifs is 1. The van der Waals surface area contributed by atoms with Crippen LogP contribution >= 0.6 is 11.8 Å². The SMILES string of the molecule is CCN1C(=O)[C@H]2[C@@H](C1=O)[C@@](CCSC)(C(=O)OC)N[C@H]2c1ccc(F)cc1. The van der Waals surface area contributed by atoms with Crippen molar-refractivity contribution in [2.24, 2.45) is 11.8 Å². The summed E-state index contributed by atoms with van der Waals surface area (Å²) in [5, 5.41) is 3.25. The van der Waals surface area contributed by atoms with E-state index in [0.717, 1.165) is 0 Å². The summed E-state index contributed by atoms with van der Waals surface area (Å²) < 4.78 is 18.4. The Bertz CT molecular complexity index is 757. The van der Waals surface area contributed by atoms with Gasteiger partial charge in [-0.3, -0.25) is 24.6 Å². The average Bonchev–Trinajstić information content (AvgIpc) is 3.14. The van der Waals surface area contributed by atoms with Crippen LogP contribution in [0.15, 0.2) is 24.3 Å². The number of hydrogen-bond donors (Lipinski definition) is 1. The number of halogens is 1. The predicted molar refractivity (Wildman–Crippen MR) is 99.4 cm³/mol. The first-order valence-corrected chi connectivity index (χ1v) is 10.3. The number of esters is 1. The van der Waals surface area contributed by atoms with Gasteiger partial charge in [0.2, 0.25) is 11.8 Å². The van der Waals surface area contributed by atoms with E-state index >= 15 is 0 Å². The van der Waals surface area contributed by atoms with E-state index in [1.54, 1.807) is 30.8 Å². The van der Waals surface area contributed by atoms with E-state index in [9.17, 15) is 18.8 Å². The van der Waals surface area contributed by atoms with E-state index in [1.807, 2.05) is 6.26 Å². The molecule has 0 spiro atoms. The van der Waals surface area contributed by atoms with Gasteiger partial charge in [0.1, 0.15) is 11.4 Å². The molecule has 0 saturated carbocycles. The molecule has 1 aromatic rings. The third-order valence-electron chi connectivity index (χ3n) is 5.54. The van der Waals surface area contributed by atoms with Gasteiger partial charge in [0.05, 0.1) is 18.9 Å². The van der Waals surface area contributed by atoms with Crippen LogP contribution in [0.25, 0.3) is 0 Å². The number of thioether (sulfide) groups is 1. The lowest BCUT2D eigenvalue weighted by atomic mass is 9.78. The number of nitrogens with one attached hydrogen (secondary N) is 1. The van der Waals surface area contributed by atoms with Crippen molar-refractivity contribution in [1.82, 2.24) is 10.2 Å². The maximum absolute atomic E-state index is 13.4. The number of carbonyl (C=O) groups excluding carboxylic acids is 3. The second-order valence-corrected chi connectivity index (χ2v) is 7.79. The minimum absolute atomic E-state index is 0.251. The van der Waals surface area contributed by atoms with Crippen LogP contribution in [0.1, 0.15) is 24.9 Å². The van der Waals surface area contributed by atoms with Crippen molar-refractivity contribution in [3.63, 3.8) is 0 Å². The Morgan fingerprint density at radius 1 is 1.30 bits per heavy atom. The molecule has 1 N–H and O–H groups in total. The number of benzene rings is 1. The van der Waals surface area contributed by atoms with Gasteiger partial charge < -0.3 is 4.74 Å². The maximum Gasteiger partial charge on any atom is 0.326 e. The monoisotopic (exact) mass is 394 g/mol. The van der Waals surface area contributed by atoms with E-state index in [0.29, 0.717) is 17.7 Å². The molecule has 6 nitrogen and oxygen atoms in total. The van der Waals surface area contributed by atoms with Crippen molar-refractivity contribution in [3.8, 4) is 0 Å². The van der Waals surface area contributed by atoms with Crippen LogP contribution < -0.4 is 5.32 Å². The summed E-state index contributed by atoms with van der Waals surface area (Å²) in [4.78, 5) is 40.1. The number of carbonyl (C=O) groups is 3. The minimum Gasteiger partial charge on any atom is -0.468 e. The van der Waals surface area contributed by atoms with Crippen molar-refractivity contribution < 1.29 is 23.5 Å². The number of methoxy groups -OCH3 is 1. The molecule has 0 unspecified atom stereocenters. The van der Waals surface area contributed by atoms with Gasteiger partial charge in [0, 0.05) is 12.6 Å². The van der Waals surface area contributed by atoms with Crippen molar-refractivity contribution in [2.75, 3.05) is 25.7 Å². The number of hydrogen-bond acceptors (Lipinski definition) is 6. The van der Waals surface area contributed by atoms with Gasteiger partial charge in [-0.05, 0) is 43.0 Å². The third kappa shape index (κ3) is 3.04. The number of rotatable bonds is 6. The standard InChI is InChI=1S/C19H23FN2O4S/c1-4-22-16(23)13-14(17(22)24)19(9-10-27-3,18(25)26-2)21-15(13)11-5-7-12(20)8-6-11/h5-8,13-15,21H,4,9-10H2,1-3H3/t13-,14-,15-,19-/m0/s1. The molecule has 146 valence electrons. The van der Waals surface area contributed by atoms with Crippen molar-refractivity contribution in [3.05, 3.63) is 35.6 Å². The summed E-state index contributed by atoms with van der Waals surface area (Å²) in [5.74, 6) is -2.52. The Morgan fingerprint density at radius 3 is 2.52 bits per heavy atom. The zero-order chi connectivity index (χ0) is 19.8. The van der Waals surface area contributed by atoms with Gasteiger partial charge in [-0.1, -0.05) is 12.1 Å². The number of imide groups is 1. The Morgan fingerprint density at radius 2 is 1.96 bits per heavy atom. The summed E-state index contributed by atoms with van der Waals surface area (Å²) >= 11 is 1.55. The van der Waals surface area contributed by atoms with Gasteiger partial charge >= 0.3 is 5.97 Å². The van der Waals surface area contributed by atoms with E-state index in [2.05, 4.69) is 5.32 Å². The Labute approximate surface area is 161 Å². The van der Waals surface area contributed by atoms with Crippen LogP contribution in [0.2, 0.25) is 0 Å². The molecule has 3 rings (SSSR count). The summed E-state index contributed by atoms with van der Waals surface area (Å²) in [5.41, 5.74) is -0.613. The molecular weight excluding hydrogens is 371 g/mol. The molecule has 2 aliphatic heterocycles. The molecule has 27 heavy (non-hydrogen) atoms. The van der Waals surface area contributed by atoms with Gasteiger partial charge in [-0.25, -0.2) is 4.39 Å². The lowest BCUT2D eigenvalue weighted by Gasteiger charge is -2.32. The normalized spacial score (nSPS) is 29.9. The summed E-state index contributed by atoms with van der Waals surface area (Å²) in [6.45, 7) is 1.99. The van der Waals surface area contributed by atoms with Crippen LogP contribution in [0.4, 0.5) is 4.39 Å². The van der Waals surface area contributed by atoms with Crippen LogP contribution in [0.5, 0.6) is 0 Å². The predicted octanol–water partition coefficient (Wildman–Crippen LogP) is 1.76. The Hall–Kier alpha value is -1.93. The number of ether oxygens (including phenoxy) is 1. The van der Waals surface area contributed by atoms with Crippen molar-refractivity contribution >= 4 is 29.5 Å². The molecule has 2 amide bonds. The summed E-state index contributed by atoms with van der Waals surface area (Å²) in [6.07, 6.45) is 2.27. The zero-order valence-electron chi connectivity index (χ0n) is 15.5. The molecule has 4 atom stereocenters. The molecule has 0 aromatic heterocycles. The lowest BCUT2D eigenvalue weighted by Crippen LogP contribution is -2.56. The van der Waals surface area contributed by atoms with Crippen molar-refractivity contribution in [2.45, 2.75) is 24.9 Å². The largest absolute Gasteiger partial charge is 0.468 e. The smallest absolute Gasteiger partial charge is 0.326 e. The van der Waals surface area contributed by atoms with Crippen LogP contribution in [0, 0.1) is 17.7 Å². The van der Waals surface area contributed by atoms with E-state index < -0.39 is 29.4 Å². The fraction of sp³-hybridized carbons (Fsp3) is 0.526. The summed E-state index contributed by atoms with van der Waals surface area (Å²) in [6, 6.07) is 5.22. The zero-order valence-corrected chi connectivity index (χ0v) is 16.3. The molecule has 0 aliphatic carbocycles. The summed E-state index contributed by atoms with van der Waals surface area (Å²) in [7, 11) is 1.28. The second kappa shape index (κ2) is 7.59. The average molecular weight is 394 g/mol. The first-order chi connectivity index (χ1) is 12.9. The number of nitrogens with zero attached hydrogens (tertiary/aromatic N) is 1. The molecule has 2 saturated heterocycles. The first kappa shape index (κ1) is 19.8. The molecule has 1 aromatic carbocycles. The molecule has 0 radical (unpaired) electrons. The van der Waals surface area contributed by atoms with Gasteiger partial charge in [0.15, 0.2) is 0 Å². The highest BCUT2D eigenvalue weighted by molar-refractivity contribution is 7.98. The van der Waals surface area contributed by atoms with Crippen LogP contribution in [-0.2, 0) is 19.1 Å². The van der Waals surface area contributed by atoms with Gasteiger partial charge in [-0.15, -0.1) is 0 Å². The fourth-order valence-corrected chi connectivity index (χ4v) is 4.82. The highest BCUT2D eigenvalue weighted by atomic mass is 32.2.